The number of H-pyrrole nitrogens is 1. The van der Waals surface area contributed by atoms with Crippen molar-refractivity contribution < 1.29 is 8.78 Å². The number of nitrogens with zero attached hydrogens (tertiary/aromatic N) is 3. The van der Waals surface area contributed by atoms with Crippen LogP contribution < -0.4 is 5.56 Å². The molecular formula is C21H20F2N4O. The molecule has 5 nitrogen and oxygen atoms in total. The summed E-state index contributed by atoms with van der Waals surface area (Å²) >= 11 is 0. The van der Waals surface area contributed by atoms with Crippen LogP contribution in [0.2, 0.25) is 0 Å². The SMILES string of the molecule is O=c1cc(-c2cccnc2)nc(-c2cccc(CN3CCCC(F)(F)C3)c2)[nH]1. The highest BCUT2D eigenvalue weighted by Gasteiger charge is 2.34. The van der Waals surface area contributed by atoms with Gasteiger partial charge in [-0.25, -0.2) is 13.8 Å². The molecule has 3 heterocycles. The molecule has 4 rings (SSSR count). The van der Waals surface area contributed by atoms with Crippen molar-refractivity contribution in [2.24, 2.45) is 0 Å². The monoisotopic (exact) mass is 382 g/mol. The van der Waals surface area contributed by atoms with Gasteiger partial charge in [-0.3, -0.25) is 14.7 Å². The predicted octanol–water partition coefficient (Wildman–Crippen LogP) is 3.73. The van der Waals surface area contributed by atoms with Crippen molar-refractivity contribution in [2.75, 3.05) is 13.1 Å². The van der Waals surface area contributed by atoms with Gasteiger partial charge in [0.05, 0.1) is 12.2 Å². The molecule has 0 bridgehead atoms. The number of nitrogens with one attached hydrogen (secondary N) is 1. The molecule has 1 fully saturated rings. The largest absolute Gasteiger partial charge is 0.306 e. The van der Waals surface area contributed by atoms with Gasteiger partial charge in [-0.15, -0.1) is 0 Å². The summed E-state index contributed by atoms with van der Waals surface area (Å²) in [4.78, 5) is 25.3. The third-order valence-electron chi connectivity index (χ3n) is 4.78. The van der Waals surface area contributed by atoms with Crippen LogP contribution in [0.25, 0.3) is 22.6 Å². The van der Waals surface area contributed by atoms with Crippen molar-refractivity contribution in [3.8, 4) is 22.6 Å². The second-order valence-corrected chi connectivity index (χ2v) is 7.09. The molecule has 7 heteroatoms. The maximum Gasteiger partial charge on any atom is 0.260 e. The number of aromatic amines is 1. The summed E-state index contributed by atoms with van der Waals surface area (Å²) in [6, 6.07) is 12.5. The van der Waals surface area contributed by atoms with Crippen LogP contribution in [0, 0.1) is 0 Å². The van der Waals surface area contributed by atoms with Crippen molar-refractivity contribution in [3.05, 3.63) is 70.8 Å². The highest BCUT2D eigenvalue weighted by molar-refractivity contribution is 5.63. The fraction of sp³-hybridized carbons (Fsp3) is 0.286. The van der Waals surface area contributed by atoms with Gasteiger partial charge in [-0.1, -0.05) is 18.2 Å². The normalized spacial score (nSPS) is 16.8. The molecular weight excluding hydrogens is 362 g/mol. The summed E-state index contributed by atoms with van der Waals surface area (Å²) < 4.78 is 27.3. The van der Waals surface area contributed by atoms with Crippen molar-refractivity contribution >= 4 is 0 Å². The molecule has 0 saturated carbocycles. The highest BCUT2D eigenvalue weighted by Crippen LogP contribution is 2.28. The Hall–Kier alpha value is -2.93. The van der Waals surface area contributed by atoms with E-state index in [1.165, 1.54) is 6.07 Å². The minimum absolute atomic E-state index is 0.0458. The maximum atomic E-state index is 13.7. The Morgan fingerprint density at radius 1 is 1.14 bits per heavy atom. The number of aromatic nitrogens is 3. The fourth-order valence-electron chi connectivity index (χ4n) is 3.51. The van der Waals surface area contributed by atoms with Crippen LogP contribution in [-0.4, -0.2) is 38.9 Å². The molecule has 0 radical (unpaired) electrons. The molecule has 144 valence electrons. The van der Waals surface area contributed by atoms with Gasteiger partial charge in [0.2, 0.25) is 0 Å². The number of pyridine rings is 1. The van der Waals surface area contributed by atoms with Gasteiger partial charge in [0.1, 0.15) is 5.82 Å². The molecule has 1 aromatic carbocycles. The number of benzene rings is 1. The zero-order chi connectivity index (χ0) is 19.6. The van der Waals surface area contributed by atoms with E-state index in [4.69, 9.17) is 0 Å². The van der Waals surface area contributed by atoms with E-state index in [1.54, 1.807) is 23.4 Å². The van der Waals surface area contributed by atoms with Gasteiger partial charge >= 0.3 is 0 Å². The lowest BCUT2D eigenvalue weighted by Gasteiger charge is -2.32. The summed E-state index contributed by atoms with van der Waals surface area (Å²) in [5, 5.41) is 0. The Bertz CT molecular complexity index is 1020. The number of halogens is 2. The third kappa shape index (κ3) is 4.31. The number of rotatable bonds is 4. The van der Waals surface area contributed by atoms with Crippen molar-refractivity contribution in [1.82, 2.24) is 19.9 Å². The first-order valence-electron chi connectivity index (χ1n) is 9.20. The van der Waals surface area contributed by atoms with E-state index < -0.39 is 5.92 Å². The van der Waals surface area contributed by atoms with E-state index in [9.17, 15) is 13.6 Å². The predicted molar refractivity (Wildman–Crippen MR) is 103 cm³/mol. The van der Waals surface area contributed by atoms with E-state index in [0.29, 0.717) is 31.0 Å². The van der Waals surface area contributed by atoms with E-state index in [0.717, 1.165) is 16.7 Å². The van der Waals surface area contributed by atoms with Crippen LogP contribution in [0.1, 0.15) is 18.4 Å². The Kier molecular flexibility index (Phi) is 5.00. The first-order valence-corrected chi connectivity index (χ1v) is 9.20. The molecule has 1 aliphatic rings. The van der Waals surface area contributed by atoms with E-state index >= 15 is 0 Å². The number of alkyl halides is 2. The van der Waals surface area contributed by atoms with Gasteiger partial charge < -0.3 is 4.98 Å². The lowest BCUT2D eigenvalue weighted by atomic mass is 10.0. The minimum Gasteiger partial charge on any atom is -0.306 e. The Balaban J connectivity index is 1.61. The van der Waals surface area contributed by atoms with Crippen LogP contribution >= 0.6 is 0 Å². The first kappa shape index (κ1) is 18.4. The second-order valence-electron chi connectivity index (χ2n) is 7.09. The maximum absolute atomic E-state index is 13.7. The fourth-order valence-corrected chi connectivity index (χ4v) is 3.51. The smallest absolute Gasteiger partial charge is 0.260 e. The van der Waals surface area contributed by atoms with Crippen molar-refractivity contribution in [3.63, 3.8) is 0 Å². The van der Waals surface area contributed by atoms with Crippen LogP contribution in [-0.2, 0) is 6.54 Å². The van der Waals surface area contributed by atoms with E-state index in [-0.39, 0.29) is 18.5 Å². The molecule has 3 aromatic rings. The molecule has 0 unspecified atom stereocenters. The Morgan fingerprint density at radius 2 is 2.00 bits per heavy atom. The topological polar surface area (TPSA) is 61.9 Å². The number of hydrogen-bond acceptors (Lipinski definition) is 4. The van der Waals surface area contributed by atoms with Crippen LogP contribution in [0.15, 0.2) is 59.7 Å². The first-order chi connectivity index (χ1) is 13.5. The van der Waals surface area contributed by atoms with Crippen LogP contribution in [0.3, 0.4) is 0 Å². The summed E-state index contributed by atoms with van der Waals surface area (Å²) in [7, 11) is 0. The lowest BCUT2D eigenvalue weighted by Crippen LogP contribution is -2.41. The molecule has 1 saturated heterocycles. The van der Waals surface area contributed by atoms with Crippen molar-refractivity contribution in [2.45, 2.75) is 25.3 Å². The molecule has 0 amide bonds. The van der Waals surface area contributed by atoms with Crippen LogP contribution in [0.4, 0.5) is 8.78 Å². The lowest BCUT2D eigenvalue weighted by molar-refractivity contribution is -0.0661. The highest BCUT2D eigenvalue weighted by atomic mass is 19.3. The van der Waals surface area contributed by atoms with E-state index in [1.807, 2.05) is 30.3 Å². The van der Waals surface area contributed by atoms with E-state index in [2.05, 4.69) is 15.0 Å². The summed E-state index contributed by atoms with van der Waals surface area (Å²) in [6.07, 6.45) is 3.76. The molecule has 0 aliphatic carbocycles. The van der Waals surface area contributed by atoms with Gasteiger partial charge in [0, 0.05) is 42.6 Å². The average molecular weight is 382 g/mol. The quantitative estimate of drug-likeness (QED) is 0.747. The third-order valence-corrected chi connectivity index (χ3v) is 4.78. The van der Waals surface area contributed by atoms with Gasteiger partial charge in [-0.05, 0) is 36.7 Å². The zero-order valence-corrected chi connectivity index (χ0v) is 15.2. The summed E-state index contributed by atoms with van der Waals surface area (Å²) in [5.74, 6) is -2.18. The minimum atomic E-state index is -2.62. The zero-order valence-electron chi connectivity index (χ0n) is 15.2. The molecule has 1 N–H and O–H groups in total. The van der Waals surface area contributed by atoms with Crippen molar-refractivity contribution in [1.29, 1.82) is 0 Å². The molecule has 2 aromatic heterocycles. The summed E-state index contributed by atoms with van der Waals surface area (Å²) in [5.41, 5.74) is 2.67. The number of likely N-dealkylation sites (tertiary alicyclic amines) is 1. The second kappa shape index (κ2) is 7.59. The standard InChI is InChI=1S/C21H20F2N4O/c22-21(23)7-3-9-27(14-21)13-15-4-1-5-16(10-15)20-25-18(11-19(28)26-20)17-6-2-8-24-12-17/h1-2,4-6,8,10-12H,3,7,9,13-14H2,(H,25,26,28). The van der Waals surface area contributed by atoms with Gasteiger partial charge in [0.25, 0.3) is 11.5 Å². The Morgan fingerprint density at radius 3 is 2.79 bits per heavy atom. The molecule has 28 heavy (non-hydrogen) atoms. The van der Waals surface area contributed by atoms with Gasteiger partial charge in [-0.2, -0.15) is 0 Å². The van der Waals surface area contributed by atoms with Gasteiger partial charge in [0.15, 0.2) is 0 Å². The van der Waals surface area contributed by atoms with Crippen LogP contribution in [0.5, 0.6) is 0 Å². The molecule has 0 atom stereocenters. The number of hydrogen-bond donors (Lipinski definition) is 1. The number of piperidine rings is 1. The molecule has 1 aliphatic heterocycles. The molecule has 0 spiro atoms. The Labute approximate surface area is 161 Å². The average Bonchev–Trinajstić information content (AvgIpc) is 2.68. The summed E-state index contributed by atoms with van der Waals surface area (Å²) in [6.45, 7) is 0.879.